The highest BCUT2D eigenvalue weighted by molar-refractivity contribution is 5.79. The van der Waals surface area contributed by atoms with Gasteiger partial charge in [0.05, 0.1) is 11.6 Å². The molecule has 0 amide bonds. The van der Waals surface area contributed by atoms with Gasteiger partial charge in [-0.1, -0.05) is 67.6 Å². The number of aromatic amines is 1. The Morgan fingerprint density at radius 1 is 1.00 bits per heavy atom. The van der Waals surface area contributed by atoms with Crippen LogP contribution in [0, 0.1) is 6.92 Å². The number of pyridine rings is 1. The summed E-state index contributed by atoms with van der Waals surface area (Å²) in [6.45, 7) is 3.37. The SMILES string of the molecule is Cc1ccc2[nH]c(=O)c(CN(Cc3ccccc3)C3(c4nnnn4C4CCCC4)CCCC3)cc2c1. The topological polar surface area (TPSA) is 79.7 Å². The lowest BCUT2D eigenvalue weighted by Gasteiger charge is -2.41. The van der Waals surface area contributed by atoms with Crippen LogP contribution in [0.1, 0.15) is 79.9 Å². The molecule has 0 atom stereocenters. The van der Waals surface area contributed by atoms with Gasteiger partial charge in [0.15, 0.2) is 5.82 Å². The number of aryl methyl sites for hydroxylation is 1. The Labute approximate surface area is 211 Å². The number of benzene rings is 2. The predicted octanol–water partition coefficient (Wildman–Crippen LogP) is 5.41. The second-order valence-electron chi connectivity index (χ2n) is 10.7. The molecule has 186 valence electrons. The lowest BCUT2D eigenvalue weighted by molar-refractivity contribution is 0.0575. The number of hydrogen-bond donors (Lipinski definition) is 1. The first kappa shape index (κ1) is 23.1. The van der Waals surface area contributed by atoms with Crippen LogP contribution in [0.15, 0.2) is 59.4 Å². The smallest absolute Gasteiger partial charge is 0.252 e. The lowest BCUT2D eigenvalue weighted by atomic mass is 9.91. The van der Waals surface area contributed by atoms with Gasteiger partial charge in [-0.15, -0.1) is 5.10 Å². The van der Waals surface area contributed by atoms with Crippen LogP contribution in [0.2, 0.25) is 0 Å². The minimum Gasteiger partial charge on any atom is -0.322 e. The predicted molar refractivity (Wildman–Crippen MR) is 140 cm³/mol. The van der Waals surface area contributed by atoms with E-state index < -0.39 is 0 Å². The van der Waals surface area contributed by atoms with E-state index in [0.29, 0.717) is 12.6 Å². The summed E-state index contributed by atoms with van der Waals surface area (Å²) in [5.74, 6) is 0.982. The number of rotatable bonds is 7. The molecule has 0 spiro atoms. The first-order valence-electron chi connectivity index (χ1n) is 13.3. The molecule has 0 saturated heterocycles. The van der Waals surface area contributed by atoms with Crippen LogP contribution in [-0.2, 0) is 18.6 Å². The molecule has 0 aliphatic heterocycles. The third-order valence-electron chi connectivity index (χ3n) is 8.27. The average molecular weight is 483 g/mol. The third-order valence-corrected chi connectivity index (χ3v) is 8.27. The van der Waals surface area contributed by atoms with Gasteiger partial charge >= 0.3 is 0 Å². The highest BCUT2D eigenvalue weighted by Gasteiger charge is 2.46. The minimum atomic E-state index is -0.296. The molecule has 2 aliphatic carbocycles. The zero-order valence-electron chi connectivity index (χ0n) is 21.0. The van der Waals surface area contributed by atoms with E-state index >= 15 is 0 Å². The molecule has 2 aliphatic rings. The summed E-state index contributed by atoms with van der Waals surface area (Å²) in [4.78, 5) is 18.9. The highest BCUT2D eigenvalue weighted by Crippen LogP contribution is 2.46. The number of nitrogens with zero attached hydrogens (tertiary/aromatic N) is 5. The van der Waals surface area contributed by atoms with E-state index in [4.69, 9.17) is 0 Å². The maximum absolute atomic E-state index is 13.3. The second-order valence-corrected chi connectivity index (χ2v) is 10.7. The molecule has 2 saturated carbocycles. The van der Waals surface area contributed by atoms with Gasteiger partial charge in [-0.2, -0.15) is 0 Å². The maximum atomic E-state index is 13.3. The number of hydrogen-bond acceptors (Lipinski definition) is 5. The Bertz CT molecular complexity index is 1400. The monoisotopic (exact) mass is 482 g/mol. The molecule has 36 heavy (non-hydrogen) atoms. The molecule has 4 aromatic rings. The summed E-state index contributed by atoms with van der Waals surface area (Å²) in [5.41, 5.74) is 3.77. The van der Waals surface area contributed by atoms with Gasteiger partial charge in [0.1, 0.15) is 0 Å². The summed E-state index contributed by atoms with van der Waals surface area (Å²) in [6, 6.07) is 19.2. The molecular formula is C29H34N6O. The first-order valence-corrected chi connectivity index (χ1v) is 13.3. The van der Waals surface area contributed by atoms with Crippen molar-refractivity contribution >= 4 is 10.9 Å². The fourth-order valence-electron chi connectivity index (χ4n) is 6.39. The van der Waals surface area contributed by atoms with Crippen molar-refractivity contribution in [3.8, 4) is 0 Å². The summed E-state index contributed by atoms with van der Waals surface area (Å²) in [7, 11) is 0. The molecule has 6 rings (SSSR count). The lowest BCUT2D eigenvalue weighted by Crippen LogP contribution is -2.46. The van der Waals surface area contributed by atoms with Crippen LogP contribution in [-0.4, -0.2) is 30.1 Å². The van der Waals surface area contributed by atoms with E-state index in [0.717, 1.165) is 67.4 Å². The molecular weight excluding hydrogens is 448 g/mol. The van der Waals surface area contributed by atoms with E-state index in [-0.39, 0.29) is 11.1 Å². The molecule has 0 unspecified atom stereocenters. The normalized spacial score (nSPS) is 17.9. The zero-order valence-corrected chi connectivity index (χ0v) is 21.0. The Hall–Kier alpha value is -3.32. The molecule has 2 fully saturated rings. The van der Waals surface area contributed by atoms with Crippen molar-refractivity contribution < 1.29 is 0 Å². The van der Waals surface area contributed by atoms with Gasteiger partial charge in [0.2, 0.25) is 0 Å². The third kappa shape index (κ3) is 4.26. The van der Waals surface area contributed by atoms with E-state index in [1.54, 1.807) is 0 Å². The van der Waals surface area contributed by atoms with Gasteiger partial charge in [-0.05, 0) is 72.2 Å². The molecule has 2 aromatic heterocycles. The van der Waals surface area contributed by atoms with Gasteiger partial charge in [-0.25, -0.2) is 4.68 Å². The summed E-state index contributed by atoms with van der Waals surface area (Å²) in [5, 5.41) is 14.5. The van der Waals surface area contributed by atoms with E-state index in [1.165, 1.54) is 24.0 Å². The number of tetrazole rings is 1. The van der Waals surface area contributed by atoms with Gasteiger partial charge in [0, 0.05) is 24.2 Å². The van der Waals surface area contributed by atoms with Crippen LogP contribution in [0.3, 0.4) is 0 Å². The Morgan fingerprint density at radius 3 is 2.56 bits per heavy atom. The largest absolute Gasteiger partial charge is 0.322 e. The van der Waals surface area contributed by atoms with Crippen molar-refractivity contribution in [1.29, 1.82) is 0 Å². The van der Waals surface area contributed by atoms with E-state index in [9.17, 15) is 4.79 Å². The average Bonchev–Trinajstić information content (AvgIpc) is 3.66. The number of aromatic nitrogens is 5. The quantitative estimate of drug-likeness (QED) is 0.381. The molecule has 7 heteroatoms. The van der Waals surface area contributed by atoms with Gasteiger partial charge < -0.3 is 4.98 Å². The van der Waals surface area contributed by atoms with Crippen molar-refractivity contribution in [2.24, 2.45) is 0 Å². The van der Waals surface area contributed by atoms with Crippen molar-refractivity contribution in [1.82, 2.24) is 30.1 Å². The Morgan fingerprint density at radius 2 is 1.78 bits per heavy atom. The van der Waals surface area contributed by atoms with E-state index in [1.807, 2.05) is 12.1 Å². The first-order chi connectivity index (χ1) is 17.6. The summed E-state index contributed by atoms with van der Waals surface area (Å²) in [6.07, 6.45) is 9.00. The fourth-order valence-corrected chi connectivity index (χ4v) is 6.39. The molecule has 1 N–H and O–H groups in total. The van der Waals surface area contributed by atoms with Crippen molar-refractivity contribution in [3.05, 3.63) is 87.5 Å². The molecule has 7 nitrogen and oxygen atoms in total. The van der Waals surface area contributed by atoms with Gasteiger partial charge in [-0.3, -0.25) is 9.69 Å². The second kappa shape index (κ2) is 9.62. The molecule has 0 radical (unpaired) electrons. The van der Waals surface area contributed by atoms with Crippen LogP contribution < -0.4 is 5.56 Å². The maximum Gasteiger partial charge on any atom is 0.252 e. The minimum absolute atomic E-state index is 0.0204. The Balaban J connectivity index is 1.45. The molecule has 2 heterocycles. The van der Waals surface area contributed by atoms with Crippen LogP contribution >= 0.6 is 0 Å². The number of fused-ring (bicyclic) bond motifs is 1. The van der Waals surface area contributed by atoms with Crippen LogP contribution in [0.4, 0.5) is 0 Å². The van der Waals surface area contributed by atoms with Gasteiger partial charge in [0.25, 0.3) is 5.56 Å². The van der Waals surface area contributed by atoms with Crippen molar-refractivity contribution in [2.75, 3.05) is 0 Å². The Kier molecular flexibility index (Phi) is 6.17. The summed E-state index contributed by atoms with van der Waals surface area (Å²) < 4.78 is 2.13. The fraction of sp³-hybridized carbons (Fsp3) is 0.448. The van der Waals surface area contributed by atoms with Crippen molar-refractivity contribution in [2.45, 2.75) is 83.0 Å². The van der Waals surface area contributed by atoms with E-state index in [2.05, 4.69) is 79.5 Å². The zero-order chi connectivity index (χ0) is 24.5. The van der Waals surface area contributed by atoms with Crippen molar-refractivity contribution in [3.63, 3.8) is 0 Å². The standard InChI is InChI=1S/C29H34N6O/c1-21-13-14-26-23(17-21)18-24(27(36)30-26)20-34(19-22-9-3-2-4-10-22)29(15-7-8-16-29)28-31-32-33-35(28)25-11-5-6-12-25/h2-4,9-10,13-14,17-18,25H,5-8,11-12,15-16,19-20H2,1H3,(H,30,36). The summed E-state index contributed by atoms with van der Waals surface area (Å²) >= 11 is 0. The molecule has 2 aromatic carbocycles. The highest BCUT2D eigenvalue weighted by atomic mass is 16.1. The van der Waals surface area contributed by atoms with Crippen LogP contribution in [0.5, 0.6) is 0 Å². The number of nitrogens with one attached hydrogen (secondary N) is 1. The molecule has 0 bridgehead atoms. The number of H-pyrrole nitrogens is 1. The van der Waals surface area contributed by atoms with Crippen LogP contribution in [0.25, 0.3) is 10.9 Å².